The summed E-state index contributed by atoms with van der Waals surface area (Å²) in [6.45, 7) is 0. The predicted molar refractivity (Wildman–Crippen MR) is 2.06 cm³/mol. The van der Waals surface area contributed by atoms with E-state index in [2.05, 4.69) is 0 Å². The summed E-state index contributed by atoms with van der Waals surface area (Å²) >= 11 is -5.86. The summed E-state index contributed by atoms with van der Waals surface area (Å²) in [5, 5.41) is 0. The van der Waals surface area contributed by atoms with Gasteiger partial charge in [0.05, 0.1) is 0 Å². The summed E-state index contributed by atoms with van der Waals surface area (Å²) in [5.41, 5.74) is 0. The van der Waals surface area contributed by atoms with Crippen LogP contribution < -0.4 is 3.93 Å². The second kappa shape index (κ2) is 0.990. The molecule has 5 heavy (non-hydrogen) atoms. The third-order valence-corrected chi connectivity index (χ3v) is 0. The van der Waals surface area contributed by atoms with Crippen LogP contribution in [-0.4, -0.2) is 0 Å². The molecule has 4 nitrogen and oxygen atoms in total. The molecule has 0 atom stereocenters. The summed E-state index contributed by atoms with van der Waals surface area (Å²) in [4.78, 5) is 0. The molecule has 0 fully saturated rings. The summed E-state index contributed by atoms with van der Waals surface area (Å²) in [6, 6.07) is 0. The predicted octanol–water partition coefficient (Wildman–Crippen LogP) is -1.55. The van der Waals surface area contributed by atoms with Gasteiger partial charge in [0.2, 0.25) is 0 Å². The first-order valence-corrected chi connectivity index (χ1v) is 3.42. The quantitative estimate of drug-likeness (QED) is 0.407. The molecule has 0 unspecified atom stereocenters. The molecule has 0 saturated carbocycles. The molecule has 0 amide bonds. The fourth-order valence-electron chi connectivity index (χ4n) is 0. The second-order valence-electron chi connectivity index (χ2n) is 0.354. The third-order valence-electron chi connectivity index (χ3n) is 0. The molecule has 0 rings (SSSR count). The molecule has 0 aromatic rings. The average Bonchev–Trinajstić information content (AvgIpc) is 0.722. The summed E-state index contributed by atoms with van der Waals surface area (Å²) in [5.74, 6) is 0. The molecule has 0 aromatic carbocycles. The molecule has 0 bridgehead atoms. The molecule has 0 radical (unpaired) electrons. The Hall–Kier alpha value is -0.0166. The first-order chi connectivity index (χ1) is 2.00. The van der Waals surface area contributed by atoms with Crippen molar-refractivity contribution in [2.45, 2.75) is 0 Å². The molecule has 33 valence electrons. The van der Waals surface area contributed by atoms with Gasteiger partial charge in [-0.25, -0.2) is 0 Å². The van der Waals surface area contributed by atoms with Crippen LogP contribution in [0.4, 0.5) is 0 Å². The van der Waals surface area contributed by atoms with Crippen molar-refractivity contribution < 1.29 is 29.6 Å². The van der Waals surface area contributed by atoms with Crippen molar-refractivity contribution in [3.05, 3.63) is 0 Å². The Bertz CT molecular complexity index is 125. The zero-order valence-corrected chi connectivity index (χ0v) is 3.72. The van der Waals surface area contributed by atoms with E-state index in [1.807, 2.05) is 0 Å². The molecule has 0 aromatic heterocycles. The first-order valence-electron chi connectivity index (χ1n) is 0.577. The minimum absolute atomic E-state index is 5.86. The Morgan fingerprint density at radius 2 is 1.20 bits per heavy atom. The minimum atomic E-state index is -5.86. The Balaban J connectivity index is 4.87. The van der Waals surface area contributed by atoms with Gasteiger partial charge in [-0.1, -0.05) is 0 Å². The Morgan fingerprint density at radius 3 is 1.20 bits per heavy atom. The van der Waals surface area contributed by atoms with Crippen molar-refractivity contribution in [3.63, 3.8) is 0 Å². The average molecular weight is 165 g/mol. The van der Waals surface area contributed by atoms with Crippen LogP contribution in [0.2, 0.25) is 0 Å². The molecular weight excluding hydrogens is 165 g/mol. The van der Waals surface area contributed by atoms with Crippen molar-refractivity contribution in [2.75, 3.05) is 0 Å². The zero-order chi connectivity index (χ0) is 4.50. The molecule has 0 N–H and O–H groups in total. The van der Waals surface area contributed by atoms with E-state index in [4.69, 9.17) is 14.7 Å². The van der Waals surface area contributed by atoms with E-state index in [9.17, 15) is 0 Å². The van der Waals surface area contributed by atoms with Gasteiger partial charge in [0.15, 0.2) is 0 Å². The van der Waals surface area contributed by atoms with Gasteiger partial charge in [0.25, 0.3) is 0 Å². The molecule has 0 spiro atoms. The van der Waals surface area contributed by atoms with E-state index < -0.39 is 15.0 Å². The Labute approximate surface area is 30.4 Å². The SMILES string of the molecule is [O]=[Ru](=[O])(=[O])[O-]. The van der Waals surface area contributed by atoms with Crippen LogP contribution in [0.5, 0.6) is 0 Å². The van der Waals surface area contributed by atoms with E-state index in [-0.39, 0.29) is 0 Å². The summed E-state index contributed by atoms with van der Waals surface area (Å²) < 4.78 is 34.4. The molecule has 0 aliphatic carbocycles. The van der Waals surface area contributed by atoms with Gasteiger partial charge in [0.1, 0.15) is 0 Å². The van der Waals surface area contributed by atoms with Crippen LogP contribution in [0.25, 0.3) is 0 Å². The number of hydrogen-bond acceptors (Lipinski definition) is 4. The van der Waals surface area contributed by atoms with Crippen molar-refractivity contribution in [1.82, 2.24) is 0 Å². The van der Waals surface area contributed by atoms with Crippen molar-refractivity contribution >= 4 is 0 Å². The maximum atomic E-state index is 8.61. The van der Waals surface area contributed by atoms with Crippen LogP contribution in [0, 0.1) is 0 Å². The van der Waals surface area contributed by atoms with Crippen LogP contribution in [0.3, 0.4) is 0 Å². The van der Waals surface area contributed by atoms with Crippen molar-refractivity contribution in [3.8, 4) is 0 Å². The molecular formula is O4Ru-. The summed E-state index contributed by atoms with van der Waals surface area (Å²) in [6.07, 6.45) is 0. The van der Waals surface area contributed by atoms with Gasteiger partial charge in [-0.2, -0.15) is 0 Å². The first kappa shape index (κ1) is 4.98. The summed E-state index contributed by atoms with van der Waals surface area (Å²) in [7, 11) is 0. The fraction of sp³-hybridized carbons (Fsp3) is 0. The van der Waals surface area contributed by atoms with Crippen LogP contribution >= 0.6 is 0 Å². The van der Waals surface area contributed by atoms with Crippen molar-refractivity contribution in [1.29, 1.82) is 0 Å². The van der Waals surface area contributed by atoms with Crippen LogP contribution in [-0.2, 0) is 25.7 Å². The molecule has 0 aliphatic heterocycles. The second-order valence-corrected chi connectivity index (χ2v) is 2.09. The van der Waals surface area contributed by atoms with E-state index in [0.29, 0.717) is 0 Å². The van der Waals surface area contributed by atoms with Gasteiger partial charge in [-0.05, 0) is 0 Å². The molecule has 0 saturated heterocycles. The molecule has 0 heterocycles. The van der Waals surface area contributed by atoms with Crippen molar-refractivity contribution in [2.24, 2.45) is 0 Å². The monoisotopic (exact) mass is 166 g/mol. The van der Waals surface area contributed by atoms with Crippen LogP contribution in [0.15, 0.2) is 0 Å². The van der Waals surface area contributed by atoms with E-state index in [0.717, 1.165) is 0 Å². The van der Waals surface area contributed by atoms with Gasteiger partial charge >= 0.3 is 29.6 Å². The number of rotatable bonds is 0. The third kappa shape index (κ3) is 56700. The van der Waals surface area contributed by atoms with Gasteiger partial charge in [-0.15, -0.1) is 0 Å². The Kier molecular flexibility index (Phi) is 0.987. The topological polar surface area (TPSA) is 74.3 Å². The molecule has 5 heteroatoms. The molecule has 0 aliphatic rings. The standard InChI is InChI=1S/4O.Ru/q;;;-1;. The normalized spacial score (nSPS) is 11.4. The Morgan fingerprint density at radius 1 is 1.20 bits per heavy atom. The van der Waals surface area contributed by atoms with Gasteiger partial charge in [-0.3, -0.25) is 0 Å². The van der Waals surface area contributed by atoms with E-state index in [1.54, 1.807) is 0 Å². The van der Waals surface area contributed by atoms with E-state index in [1.165, 1.54) is 0 Å². The van der Waals surface area contributed by atoms with Gasteiger partial charge in [0, 0.05) is 0 Å². The zero-order valence-electron chi connectivity index (χ0n) is 1.99. The fourth-order valence-corrected chi connectivity index (χ4v) is 0. The number of hydrogen-bond donors (Lipinski definition) is 0. The van der Waals surface area contributed by atoms with Crippen LogP contribution in [0.1, 0.15) is 0 Å². The van der Waals surface area contributed by atoms with E-state index >= 15 is 0 Å². The van der Waals surface area contributed by atoms with Gasteiger partial charge < -0.3 is 0 Å². The maximum absolute atomic E-state index is 8.61.